The average Bonchev–Trinajstić information content (AvgIpc) is 3.12. The third-order valence-corrected chi connectivity index (χ3v) is 6.51. The fourth-order valence-corrected chi connectivity index (χ4v) is 4.75. The van der Waals surface area contributed by atoms with Crippen LogP contribution in [0.25, 0.3) is 17.0 Å². The van der Waals surface area contributed by atoms with Gasteiger partial charge in [-0.15, -0.1) is 5.10 Å². The Kier molecular flexibility index (Phi) is 4.06. The molecule has 0 amide bonds. The van der Waals surface area contributed by atoms with Crippen LogP contribution in [0, 0.1) is 4.77 Å². The van der Waals surface area contributed by atoms with Crippen LogP contribution in [0.1, 0.15) is 37.0 Å². The Balaban J connectivity index is 1.92. The Hall–Kier alpha value is -2.99. The first kappa shape index (κ1) is 18.1. The number of nitrogens with zero attached hydrogens (tertiary/aromatic N) is 3. The molecule has 1 aliphatic rings. The van der Waals surface area contributed by atoms with Gasteiger partial charge in [0, 0.05) is 16.5 Å². The molecule has 5 rings (SSSR count). The van der Waals surface area contributed by atoms with Crippen molar-refractivity contribution in [3.8, 4) is 11.3 Å². The minimum atomic E-state index is -0.264. The molecule has 0 saturated heterocycles. The largest absolute Gasteiger partial charge is 0.272 e. The van der Waals surface area contributed by atoms with Crippen molar-refractivity contribution < 1.29 is 0 Å². The molecule has 0 saturated carbocycles. The SMILES string of the molecule is CC[C@]1(C)Cc2ccccc2-c2c1c(=O)n(Cc1ccccc1)c1n[nH]c(=S)n21. The van der Waals surface area contributed by atoms with Crippen LogP contribution >= 0.6 is 12.2 Å². The summed E-state index contributed by atoms with van der Waals surface area (Å²) in [7, 11) is 0. The maximum atomic E-state index is 13.9. The molecule has 2 aromatic heterocycles. The maximum absolute atomic E-state index is 13.9. The van der Waals surface area contributed by atoms with Crippen molar-refractivity contribution in [1.29, 1.82) is 0 Å². The van der Waals surface area contributed by atoms with E-state index < -0.39 is 0 Å². The lowest BCUT2D eigenvalue weighted by Gasteiger charge is -2.36. The maximum Gasteiger partial charge on any atom is 0.259 e. The van der Waals surface area contributed by atoms with Crippen LogP contribution < -0.4 is 5.56 Å². The lowest BCUT2D eigenvalue weighted by atomic mass is 9.69. The van der Waals surface area contributed by atoms with E-state index in [-0.39, 0.29) is 11.0 Å². The first-order valence-corrected chi connectivity index (χ1v) is 10.3. The number of aromatic amines is 1. The zero-order valence-electron chi connectivity index (χ0n) is 16.5. The van der Waals surface area contributed by atoms with Gasteiger partial charge in [-0.05, 0) is 36.2 Å². The first-order valence-electron chi connectivity index (χ1n) is 9.90. The molecular formula is C23H22N4OS. The second-order valence-corrected chi connectivity index (χ2v) is 8.40. The zero-order chi connectivity index (χ0) is 20.2. The van der Waals surface area contributed by atoms with Gasteiger partial charge in [0.1, 0.15) is 0 Å². The highest BCUT2D eigenvalue weighted by Crippen LogP contribution is 2.43. The van der Waals surface area contributed by atoms with Crippen molar-refractivity contribution >= 4 is 18.0 Å². The topological polar surface area (TPSA) is 55.1 Å². The molecule has 1 aliphatic carbocycles. The summed E-state index contributed by atoms with van der Waals surface area (Å²) in [5, 5.41) is 7.35. The Morgan fingerprint density at radius 2 is 1.86 bits per heavy atom. The third kappa shape index (κ3) is 2.63. The Morgan fingerprint density at radius 3 is 2.62 bits per heavy atom. The highest BCUT2D eigenvalue weighted by Gasteiger charge is 2.38. The highest BCUT2D eigenvalue weighted by atomic mass is 32.1. The first-order chi connectivity index (χ1) is 14.0. The molecule has 4 aromatic rings. The van der Waals surface area contributed by atoms with Crippen LogP contribution in [0.3, 0.4) is 0 Å². The van der Waals surface area contributed by atoms with Crippen LogP contribution in [0.15, 0.2) is 59.4 Å². The lowest BCUT2D eigenvalue weighted by Crippen LogP contribution is -2.40. The summed E-state index contributed by atoms with van der Waals surface area (Å²) in [5.74, 6) is 0.553. The van der Waals surface area contributed by atoms with E-state index in [9.17, 15) is 4.79 Å². The van der Waals surface area contributed by atoms with Gasteiger partial charge >= 0.3 is 0 Å². The Morgan fingerprint density at radius 1 is 1.14 bits per heavy atom. The van der Waals surface area contributed by atoms with E-state index in [1.165, 1.54) is 5.56 Å². The van der Waals surface area contributed by atoms with Crippen LogP contribution in [0.4, 0.5) is 0 Å². The number of aromatic nitrogens is 4. The van der Waals surface area contributed by atoms with E-state index in [1.54, 1.807) is 4.57 Å². The van der Waals surface area contributed by atoms with Gasteiger partial charge in [-0.25, -0.2) is 5.10 Å². The summed E-state index contributed by atoms with van der Waals surface area (Å²) in [4.78, 5) is 13.9. The molecule has 0 bridgehead atoms. The predicted molar refractivity (Wildman–Crippen MR) is 117 cm³/mol. The molecule has 146 valence electrons. The number of H-pyrrole nitrogens is 1. The summed E-state index contributed by atoms with van der Waals surface area (Å²) < 4.78 is 4.21. The van der Waals surface area contributed by atoms with Crippen LogP contribution in [-0.2, 0) is 18.4 Å². The molecular weight excluding hydrogens is 380 g/mol. The molecule has 0 fully saturated rings. The van der Waals surface area contributed by atoms with E-state index >= 15 is 0 Å². The molecule has 6 heteroatoms. The molecule has 2 heterocycles. The molecule has 1 atom stereocenters. The molecule has 5 nitrogen and oxygen atoms in total. The molecule has 0 spiro atoms. The summed E-state index contributed by atoms with van der Waals surface area (Å²) in [6.45, 7) is 4.79. The number of nitrogens with one attached hydrogen (secondary N) is 1. The fraction of sp³-hybridized carbons (Fsp3) is 0.261. The molecule has 1 N–H and O–H groups in total. The fourth-order valence-electron chi connectivity index (χ4n) is 4.53. The van der Waals surface area contributed by atoms with Gasteiger partial charge in [0.2, 0.25) is 10.5 Å². The minimum absolute atomic E-state index is 0.0178. The third-order valence-electron chi connectivity index (χ3n) is 6.24. The molecule has 2 aromatic carbocycles. The van der Waals surface area contributed by atoms with Gasteiger partial charge in [0.05, 0.1) is 12.2 Å². The van der Waals surface area contributed by atoms with Crippen LogP contribution in [0.2, 0.25) is 0 Å². The van der Waals surface area contributed by atoms with Gasteiger partial charge in [-0.1, -0.05) is 68.4 Å². The normalized spacial score (nSPS) is 17.9. The van der Waals surface area contributed by atoms with E-state index in [2.05, 4.69) is 42.2 Å². The quantitative estimate of drug-likeness (QED) is 0.514. The molecule has 0 aliphatic heterocycles. The smallest absolute Gasteiger partial charge is 0.259 e. The van der Waals surface area contributed by atoms with Crippen LogP contribution in [0.5, 0.6) is 0 Å². The van der Waals surface area contributed by atoms with Crippen molar-refractivity contribution in [2.24, 2.45) is 0 Å². The van der Waals surface area contributed by atoms with Gasteiger partial charge in [0.15, 0.2) is 0 Å². The summed E-state index contributed by atoms with van der Waals surface area (Å²) in [6, 6.07) is 18.3. The Labute approximate surface area is 173 Å². The van der Waals surface area contributed by atoms with Crippen LogP contribution in [-0.4, -0.2) is 19.2 Å². The van der Waals surface area contributed by atoms with Gasteiger partial charge in [0.25, 0.3) is 5.56 Å². The predicted octanol–water partition coefficient (Wildman–Crippen LogP) is 4.49. The van der Waals surface area contributed by atoms with Crippen molar-refractivity contribution in [1.82, 2.24) is 19.2 Å². The van der Waals surface area contributed by atoms with Crippen molar-refractivity contribution in [2.45, 2.75) is 38.6 Å². The highest BCUT2D eigenvalue weighted by molar-refractivity contribution is 7.71. The van der Waals surface area contributed by atoms with E-state index in [1.807, 2.05) is 40.8 Å². The number of benzene rings is 2. The minimum Gasteiger partial charge on any atom is -0.272 e. The number of fused-ring (bicyclic) bond motifs is 5. The number of rotatable bonds is 3. The Bertz CT molecular complexity index is 1350. The number of hydrogen-bond donors (Lipinski definition) is 1. The molecule has 29 heavy (non-hydrogen) atoms. The van der Waals surface area contributed by atoms with Crippen molar-refractivity contribution in [3.63, 3.8) is 0 Å². The summed E-state index contributed by atoms with van der Waals surface area (Å²) in [6.07, 6.45) is 1.70. The van der Waals surface area contributed by atoms with Gasteiger partial charge < -0.3 is 0 Å². The monoisotopic (exact) mass is 402 g/mol. The second kappa shape index (κ2) is 6.52. The number of hydrogen-bond acceptors (Lipinski definition) is 3. The van der Waals surface area contributed by atoms with E-state index in [0.717, 1.165) is 35.2 Å². The van der Waals surface area contributed by atoms with E-state index in [0.29, 0.717) is 17.1 Å². The second-order valence-electron chi connectivity index (χ2n) is 8.01. The molecule has 0 radical (unpaired) electrons. The average molecular weight is 403 g/mol. The zero-order valence-corrected chi connectivity index (χ0v) is 17.3. The lowest BCUT2D eigenvalue weighted by molar-refractivity contribution is 0.435. The van der Waals surface area contributed by atoms with Crippen molar-refractivity contribution in [3.05, 3.63) is 86.4 Å². The molecule has 0 unspecified atom stereocenters. The summed E-state index contributed by atoms with van der Waals surface area (Å²) in [5.41, 5.74) is 4.84. The van der Waals surface area contributed by atoms with Gasteiger partial charge in [-0.2, -0.15) is 0 Å². The standard InChI is InChI=1S/C23H22N4OS/c1-3-23(2)13-16-11-7-8-12-17(16)19-18(23)20(28)26(14-15-9-5-4-6-10-15)21-24-25-22(29)27(19)21/h4-12H,3,13-14H2,1-2H3,(H,25,29)/t23-/m1/s1. The van der Waals surface area contributed by atoms with E-state index in [4.69, 9.17) is 12.2 Å². The van der Waals surface area contributed by atoms with Crippen molar-refractivity contribution in [2.75, 3.05) is 0 Å². The van der Waals surface area contributed by atoms with Gasteiger partial charge in [-0.3, -0.25) is 13.8 Å². The summed E-state index contributed by atoms with van der Waals surface area (Å²) >= 11 is 5.61.